The first kappa shape index (κ1) is 13.2. The molecule has 2 nitrogen and oxygen atoms in total. The highest BCUT2D eigenvalue weighted by Gasteiger charge is 2.18. The smallest absolute Gasteiger partial charge is 0.0666 e. The van der Waals surface area contributed by atoms with Crippen LogP contribution < -0.4 is 5.73 Å². The van der Waals surface area contributed by atoms with Crippen LogP contribution in [0, 0.1) is 6.92 Å². The summed E-state index contributed by atoms with van der Waals surface area (Å²) in [6.45, 7) is 8.97. The van der Waals surface area contributed by atoms with E-state index in [1.165, 1.54) is 11.1 Å². The fourth-order valence-corrected chi connectivity index (χ4v) is 1.51. The summed E-state index contributed by atoms with van der Waals surface area (Å²) in [7, 11) is 0. The molecule has 1 aromatic carbocycles. The fourth-order valence-electron chi connectivity index (χ4n) is 1.51. The van der Waals surface area contributed by atoms with E-state index in [-0.39, 0.29) is 11.6 Å². The highest BCUT2D eigenvalue weighted by Crippen LogP contribution is 2.19. The number of hydrogen-bond donors (Lipinski definition) is 1. The molecular weight excluding hydrogens is 198 g/mol. The van der Waals surface area contributed by atoms with E-state index in [9.17, 15) is 0 Å². The lowest BCUT2D eigenvalue weighted by Crippen LogP contribution is -2.28. The number of rotatable bonds is 5. The van der Waals surface area contributed by atoms with E-state index < -0.39 is 0 Å². The second-order valence-corrected chi connectivity index (χ2v) is 4.89. The summed E-state index contributed by atoms with van der Waals surface area (Å²) in [5, 5.41) is 0. The Morgan fingerprint density at radius 2 is 1.94 bits per heavy atom. The summed E-state index contributed by atoms with van der Waals surface area (Å²) in [6.07, 6.45) is 0.994. The Kier molecular flexibility index (Phi) is 4.51. The monoisotopic (exact) mass is 221 g/mol. The van der Waals surface area contributed by atoms with Crippen molar-refractivity contribution >= 4 is 0 Å². The molecular formula is C14H23NO. The zero-order valence-electron chi connectivity index (χ0n) is 10.8. The molecule has 16 heavy (non-hydrogen) atoms. The second kappa shape index (κ2) is 5.46. The summed E-state index contributed by atoms with van der Waals surface area (Å²) in [5.41, 5.74) is 8.45. The minimum absolute atomic E-state index is 0.0352. The van der Waals surface area contributed by atoms with E-state index in [4.69, 9.17) is 10.5 Å². The van der Waals surface area contributed by atoms with E-state index in [1.807, 2.05) is 12.1 Å². The van der Waals surface area contributed by atoms with Crippen molar-refractivity contribution in [1.82, 2.24) is 0 Å². The van der Waals surface area contributed by atoms with E-state index in [1.54, 1.807) is 0 Å². The van der Waals surface area contributed by atoms with Crippen molar-refractivity contribution in [3.05, 3.63) is 35.4 Å². The average Bonchev–Trinajstić information content (AvgIpc) is 2.27. The highest BCUT2D eigenvalue weighted by atomic mass is 16.5. The van der Waals surface area contributed by atoms with Crippen molar-refractivity contribution in [3.8, 4) is 0 Å². The molecule has 0 aliphatic carbocycles. The zero-order chi connectivity index (χ0) is 12.2. The first-order valence-corrected chi connectivity index (χ1v) is 5.91. The third-order valence-electron chi connectivity index (χ3n) is 3.09. The van der Waals surface area contributed by atoms with Crippen LogP contribution in [0.15, 0.2) is 24.3 Å². The number of ether oxygens (including phenoxy) is 1. The molecule has 0 aromatic heterocycles. The molecule has 0 amide bonds. The first-order valence-electron chi connectivity index (χ1n) is 5.91. The van der Waals surface area contributed by atoms with E-state index in [0.29, 0.717) is 6.61 Å². The van der Waals surface area contributed by atoms with Crippen molar-refractivity contribution in [2.24, 2.45) is 5.73 Å². The predicted molar refractivity (Wildman–Crippen MR) is 68.4 cm³/mol. The molecule has 1 atom stereocenters. The lowest BCUT2D eigenvalue weighted by Gasteiger charge is -2.26. The van der Waals surface area contributed by atoms with Crippen LogP contribution in [0.25, 0.3) is 0 Å². The molecule has 1 aromatic rings. The van der Waals surface area contributed by atoms with Crippen molar-refractivity contribution < 1.29 is 4.74 Å². The lowest BCUT2D eigenvalue weighted by molar-refractivity contribution is -0.0267. The van der Waals surface area contributed by atoms with Gasteiger partial charge in [0, 0.05) is 0 Å². The molecule has 0 radical (unpaired) electrons. The fraction of sp³-hybridized carbons (Fsp3) is 0.571. The Labute approximate surface area is 98.8 Å². The van der Waals surface area contributed by atoms with Gasteiger partial charge in [-0.05, 0) is 38.3 Å². The Hall–Kier alpha value is -0.860. The Morgan fingerprint density at radius 1 is 1.31 bits per heavy atom. The molecule has 1 rings (SSSR count). The largest absolute Gasteiger partial charge is 0.374 e. The summed E-state index contributed by atoms with van der Waals surface area (Å²) in [5.74, 6) is 0. The molecule has 1 unspecified atom stereocenters. The Bertz CT molecular complexity index is 333. The van der Waals surface area contributed by atoms with E-state index in [2.05, 4.69) is 39.8 Å². The molecule has 0 aliphatic rings. The maximum Gasteiger partial charge on any atom is 0.0666 e. The van der Waals surface area contributed by atoms with Gasteiger partial charge in [0.2, 0.25) is 0 Å². The van der Waals surface area contributed by atoms with Gasteiger partial charge in [-0.25, -0.2) is 0 Å². The van der Waals surface area contributed by atoms with Gasteiger partial charge in [0.15, 0.2) is 0 Å². The molecule has 0 saturated carbocycles. The second-order valence-electron chi connectivity index (χ2n) is 4.89. The molecule has 0 bridgehead atoms. The van der Waals surface area contributed by atoms with E-state index in [0.717, 1.165) is 6.42 Å². The van der Waals surface area contributed by atoms with Crippen molar-refractivity contribution in [2.45, 2.75) is 45.8 Å². The normalized spacial score (nSPS) is 13.8. The predicted octanol–water partition coefficient (Wildman–Crippen LogP) is 3.20. The topological polar surface area (TPSA) is 35.2 Å². The van der Waals surface area contributed by atoms with Crippen LogP contribution in [0.4, 0.5) is 0 Å². The quantitative estimate of drug-likeness (QED) is 0.828. The minimum Gasteiger partial charge on any atom is -0.374 e. The van der Waals surface area contributed by atoms with Gasteiger partial charge in [-0.2, -0.15) is 0 Å². The van der Waals surface area contributed by atoms with Crippen molar-refractivity contribution in [3.63, 3.8) is 0 Å². The van der Waals surface area contributed by atoms with Crippen LogP contribution >= 0.6 is 0 Å². The van der Waals surface area contributed by atoms with Crippen LogP contribution in [0.5, 0.6) is 0 Å². The van der Waals surface area contributed by atoms with Crippen molar-refractivity contribution in [1.29, 1.82) is 0 Å². The van der Waals surface area contributed by atoms with Gasteiger partial charge >= 0.3 is 0 Å². The standard InChI is InChI=1S/C14H23NO/c1-5-14(3,4)16-10-13(15)12-9-7-6-8-11(12)2/h6-9,13H,5,10,15H2,1-4H3. The summed E-state index contributed by atoms with van der Waals surface area (Å²) < 4.78 is 5.82. The molecule has 0 fully saturated rings. The minimum atomic E-state index is -0.0830. The van der Waals surface area contributed by atoms with Gasteiger partial charge in [-0.3, -0.25) is 0 Å². The van der Waals surface area contributed by atoms with E-state index >= 15 is 0 Å². The van der Waals surface area contributed by atoms with Crippen molar-refractivity contribution in [2.75, 3.05) is 6.61 Å². The van der Waals surface area contributed by atoms with Gasteiger partial charge in [0.25, 0.3) is 0 Å². The average molecular weight is 221 g/mol. The molecule has 0 heterocycles. The highest BCUT2D eigenvalue weighted by molar-refractivity contribution is 5.28. The first-order chi connectivity index (χ1) is 7.46. The molecule has 0 saturated heterocycles. The SMILES string of the molecule is CCC(C)(C)OCC(N)c1ccccc1C. The van der Waals surface area contributed by atoms with Gasteiger partial charge < -0.3 is 10.5 Å². The third-order valence-corrected chi connectivity index (χ3v) is 3.09. The van der Waals surface area contributed by atoms with Gasteiger partial charge in [-0.1, -0.05) is 31.2 Å². The van der Waals surface area contributed by atoms with Crippen LogP contribution in [0.1, 0.15) is 44.4 Å². The summed E-state index contributed by atoms with van der Waals surface area (Å²) >= 11 is 0. The van der Waals surface area contributed by atoms with Gasteiger partial charge in [-0.15, -0.1) is 0 Å². The Morgan fingerprint density at radius 3 is 2.50 bits per heavy atom. The molecule has 2 heteroatoms. The molecule has 2 N–H and O–H groups in total. The maximum atomic E-state index is 6.13. The van der Waals surface area contributed by atoms with Gasteiger partial charge in [0.05, 0.1) is 18.2 Å². The van der Waals surface area contributed by atoms with Crippen LogP contribution in [-0.4, -0.2) is 12.2 Å². The maximum absolute atomic E-state index is 6.13. The summed E-state index contributed by atoms with van der Waals surface area (Å²) in [6, 6.07) is 8.17. The van der Waals surface area contributed by atoms with Crippen LogP contribution in [0.2, 0.25) is 0 Å². The molecule has 0 spiro atoms. The third kappa shape index (κ3) is 3.62. The molecule has 0 aliphatic heterocycles. The lowest BCUT2D eigenvalue weighted by atomic mass is 10.0. The number of aryl methyl sites for hydroxylation is 1. The number of hydrogen-bond acceptors (Lipinski definition) is 2. The number of nitrogens with two attached hydrogens (primary N) is 1. The van der Waals surface area contributed by atoms with Crippen LogP contribution in [0.3, 0.4) is 0 Å². The van der Waals surface area contributed by atoms with Gasteiger partial charge in [0.1, 0.15) is 0 Å². The molecule has 90 valence electrons. The van der Waals surface area contributed by atoms with Crippen LogP contribution in [-0.2, 0) is 4.74 Å². The summed E-state index contributed by atoms with van der Waals surface area (Å²) in [4.78, 5) is 0. The Balaban J connectivity index is 2.60. The zero-order valence-corrected chi connectivity index (χ0v) is 10.8. The number of benzene rings is 1.